The molecule has 2 rings (SSSR count). The van der Waals surface area contributed by atoms with E-state index < -0.39 is 6.04 Å². The van der Waals surface area contributed by atoms with Gasteiger partial charge in [0.2, 0.25) is 11.8 Å². The van der Waals surface area contributed by atoms with Crippen LogP contribution in [0.5, 0.6) is 11.5 Å². The summed E-state index contributed by atoms with van der Waals surface area (Å²) in [5.74, 6) is 1.21. The molecule has 0 saturated carbocycles. The summed E-state index contributed by atoms with van der Waals surface area (Å²) in [4.78, 5) is 27.8. The van der Waals surface area contributed by atoms with Crippen LogP contribution in [0.3, 0.4) is 0 Å². The van der Waals surface area contributed by atoms with Crippen LogP contribution in [0.2, 0.25) is 0 Å². The number of nitrogens with one attached hydrogen (secondary N) is 1. The molecule has 1 unspecified atom stereocenters. The zero-order chi connectivity index (χ0) is 22.1. The molecule has 162 valence electrons. The van der Waals surface area contributed by atoms with Crippen LogP contribution in [-0.2, 0) is 22.6 Å². The van der Waals surface area contributed by atoms with E-state index in [1.165, 1.54) is 0 Å². The zero-order valence-corrected chi connectivity index (χ0v) is 18.5. The second-order valence-electron chi connectivity index (χ2n) is 7.49. The van der Waals surface area contributed by atoms with E-state index in [0.717, 1.165) is 22.6 Å². The molecule has 0 fully saturated rings. The van der Waals surface area contributed by atoms with Crippen LogP contribution < -0.4 is 14.8 Å². The van der Waals surface area contributed by atoms with E-state index in [0.29, 0.717) is 13.0 Å². The number of hydrogen-bond acceptors (Lipinski definition) is 4. The molecule has 0 aliphatic rings. The minimum Gasteiger partial charge on any atom is -0.497 e. The third kappa shape index (κ3) is 6.51. The Kier molecular flexibility index (Phi) is 8.71. The van der Waals surface area contributed by atoms with Gasteiger partial charge >= 0.3 is 0 Å². The molecule has 6 nitrogen and oxygen atoms in total. The highest BCUT2D eigenvalue weighted by Gasteiger charge is 2.29. The van der Waals surface area contributed by atoms with Crippen LogP contribution in [0.1, 0.15) is 38.3 Å². The highest BCUT2D eigenvalue weighted by atomic mass is 16.5. The van der Waals surface area contributed by atoms with Crippen LogP contribution in [0, 0.1) is 0 Å². The maximum absolute atomic E-state index is 13.3. The van der Waals surface area contributed by atoms with E-state index in [-0.39, 0.29) is 24.3 Å². The van der Waals surface area contributed by atoms with Gasteiger partial charge in [-0.3, -0.25) is 9.59 Å². The van der Waals surface area contributed by atoms with Crippen LogP contribution in [0.4, 0.5) is 0 Å². The first kappa shape index (κ1) is 23.3. The molecule has 0 spiro atoms. The summed E-state index contributed by atoms with van der Waals surface area (Å²) < 4.78 is 10.5. The molecule has 30 heavy (non-hydrogen) atoms. The molecule has 0 saturated heterocycles. The van der Waals surface area contributed by atoms with Crippen LogP contribution in [0.25, 0.3) is 0 Å². The van der Waals surface area contributed by atoms with E-state index in [9.17, 15) is 9.59 Å². The number of hydrogen-bond donors (Lipinski definition) is 1. The molecule has 0 heterocycles. The topological polar surface area (TPSA) is 67.9 Å². The third-order valence-electron chi connectivity index (χ3n) is 4.82. The van der Waals surface area contributed by atoms with Gasteiger partial charge in [0.05, 0.1) is 20.6 Å². The first-order chi connectivity index (χ1) is 14.4. The van der Waals surface area contributed by atoms with Crippen molar-refractivity contribution in [2.75, 3.05) is 14.2 Å². The fourth-order valence-corrected chi connectivity index (χ4v) is 3.29. The molecule has 0 aliphatic heterocycles. The Morgan fingerprint density at radius 1 is 0.967 bits per heavy atom. The largest absolute Gasteiger partial charge is 0.497 e. The lowest BCUT2D eigenvalue weighted by Crippen LogP contribution is -2.50. The van der Waals surface area contributed by atoms with Crippen molar-refractivity contribution in [3.05, 3.63) is 59.7 Å². The molecule has 0 aliphatic carbocycles. The average Bonchev–Trinajstić information content (AvgIpc) is 2.73. The highest BCUT2D eigenvalue weighted by molar-refractivity contribution is 5.88. The van der Waals surface area contributed by atoms with E-state index in [1.807, 2.05) is 69.3 Å². The van der Waals surface area contributed by atoms with Crippen LogP contribution in [-0.4, -0.2) is 43.0 Å². The van der Waals surface area contributed by atoms with Gasteiger partial charge in [0.1, 0.15) is 17.5 Å². The number of carbonyl (C=O) groups is 2. The summed E-state index contributed by atoms with van der Waals surface area (Å²) in [6.45, 7) is 6.08. The van der Waals surface area contributed by atoms with Crippen molar-refractivity contribution in [1.82, 2.24) is 10.2 Å². The van der Waals surface area contributed by atoms with Crippen molar-refractivity contribution >= 4 is 11.8 Å². The Hall–Kier alpha value is -3.02. The monoisotopic (exact) mass is 412 g/mol. The molecule has 1 N–H and O–H groups in total. The van der Waals surface area contributed by atoms with Crippen LogP contribution in [0.15, 0.2) is 48.5 Å². The molecule has 0 aromatic heterocycles. The number of benzene rings is 2. The maximum atomic E-state index is 13.3. The van der Waals surface area contributed by atoms with Gasteiger partial charge in [-0.15, -0.1) is 0 Å². The van der Waals surface area contributed by atoms with E-state index in [1.54, 1.807) is 19.1 Å². The summed E-state index contributed by atoms with van der Waals surface area (Å²) in [6.07, 6.45) is 0.732. The Balaban J connectivity index is 2.29. The molecule has 6 heteroatoms. The smallest absolute Gasteiger partial charge is 0.243 e. The van der Waals surface area contributed by atoms with E-state index in [4.69, 9.17) is 9.47 Å². The molecule has 2 aromatic carbocycles. The predicted molar refractivity (Wildman–Crippen MR) is 118 cm³/mol. The van der Waals surface area contributed by atoms with Gasteiger partial charge in [-0.2, -0.15) is 0 Å². The Bertz CT molecular complexity index is 833. The van der Waals surface area contributed by atoms with E-state index in [2.05, 4.69) is 5.32 Å². The second-order valence-corrected chi connectivity index (χ2v) is 7.49. The van der Waals surface area contributed by atoms with Gasteiger partial charge in [0.25, 0.3) is 0 Å². The van der Waals surface area contributed by atoms with Gasteiger partial charge < -0.3 is 19.7 Å². The minimum absolute atomic E-state index is 0.00177. The lowest BCUT2D eigenvalue weighted by atomic mass is 10.1. The number of methoxy groups -OCH3 is 2. The summed E-state index contributed by atoms with van der Waals surface area (Å²) >= 11 is 0. The third-order valence-corrected chi connectivity index (χ3v) is 4.82. The lowest BCUT2D eigenvalue weighted by Gasteiger charge is -2.31. The van der Waals surface area contributed by atoms with Gasteiger partial charge in [-0.25, -0.2) is 0 Å². The first-order valence-electron chi connectivity index (χ1n) is 10.2. The van der Waals surface area contributed by atoms with Crippen LogP contribution >= 0.6 is 0 Å². The van der Waals surface area contributed by atoms with Crippen molar-refractivity contribution in [2.24, 2.45) is 0 Å². The fourth-order valence-electron chi connectivity index (χ4n) is 3.29. The molecule has 2 amide bonds. The Morgan fingerprint density at radius 3 is 2.20 bits per heavy atom. The van der Waals surface area contributed by atoms with Crippen molar-refractivity contribution in [2.45, 2.75) is 52.2 Å². The SMILES string of the molecule is CCC(C(=O)NC(C)C)N(Cc1cccc(OC)c1)C(=O)Cc1ccc(OC)cc1. The lowest BCUT2D eigenvalue weighted by molar-refractivity contribution is -0.141. The second kappa shape index (κ2) is 11.2. The summed E-state index contributed by atoms with van der Waals surface area (Å²) in [5, 5.41) is 2.94. The highest BCUT2D eigenvalue weighted by Crippen LogP contribution is 2.19. The number of amides is 2. The van der Waals surface area contributed by atoms with Crippen molar-refractivity contribution in [3.8, 4) is 11.5 Å². The molecular formula is C24H32N2O4. The van der Waals surface area contributed by atoms with Crippen molar-refractivity contribution < 1.29 is 19.1 Å². The minimum atomic E-state index is -0.552. The summed E-state index contributed by atoms with van der Waals surface area (Å²) in [5.41, 5.74) is 1.78. The van der Waals surface area contributed by atoms with Crippen molar-refractivity contribution in [3.63, 3.8) is 0 Å². The van der Waals surface area contributed by atoms with Gasteiger partial charge in [0, 0.05) is 12.6 Å². The molecule has 0 radical (unpaired) electrons. The quantitative estimate of drug-likeness (QED) is 0.648. The average molecular weight is 413 g/mol. The summed E-state index contributed by atoms with van der Waals surface area (Å²) in [7, 11) is 3.21. The zero-order valence-electron chi connectivity index (χ0n) is 18.5. The standard InChI is InChI=1S/C24H32N2O4/c1-6-22(24(28)25-17(2)3)26(16-19-8-7-9-21(14-19)30-5)23(27)15-18-10-12-20(29-4)13-11-18/h7-14,17,22H,6,15-16H2,1-5H3,(H,25,28). The molecular weight excluding hydrogens is 380 g/mol. The number of nitrogens with zero attached hydrogens (tertiary/aromatic N) is 1. The number of rotatable bonds is 10. The van der Waals surface area contributed by atoms with E-state index >= 15 is 0 Å². The molecule has 2 aromatic rings. The van der Waals surface area contributed by atoms with Crippen molar-refractivity contribution in [1.29, 1.82) is 0 Å². The first-order valence-corrected chi connectivity index (χ1v) is 10.2. The van der Waals surface area contributed by atoms with Gasteiger partial charge in [-0.05, 0) is 55.7 Å². The number of ether oxygens (including phenoxy) is 2. The molecule has 1 atom stereocenters. The Morgan fingerprint density at radius 2 is 1.63 bits per heavy atom. The van der Waals surface area contributed by atoms with Gasteiger partial charge in [0.15, 0.2) is 0 Å². The number of carbonyl (C=O) groups excluding carboxylic acids is 2. The summed E-state index contributed by atoms with van der Waals surface area (Å²) in [6, 6.07) is 14.4. The predicted octanol–water partition coefficient (Wildman–Crippen LogP) is 3.58. The fraction of sp³-hybridized carbons (Fsp3) is 0.417. The normalized spacial score (nSPS) is 11.7. The maximum Gasteiger partial charge on any atom is 0.243 e. The Labute approximate surface area is 179 Å². The molecule has 0 bridgehead atoms. The van der Waals surface area contributed by atoms with Gasteiger partial charge in [-0.1, -0.05) is 31.2 Å².